The summed E-state index contributed by atoms with van der Waals surface area (Å²) in [5, 5.41) is 12.8. The minimum Gasteiger partial charge on any atom is -0.371 e. The van der Waals surface area contributed by atoms with Gasteiger partial charge in [0.05, 0.1) is 41.0 Å². The second-order valence-electron chi connectivity index (χ2n) is 10.1. The number of nitrogens with zero attached hydrogens (tertiary/aromatic N) is 4. The average molecular weight is 451 g/mol. The molecule has 6 heteroatoms. The van der Waals surface area contributed by atoms with Crippen molar-refractivity contribution in [1.82, 2.24) is 20.2 Å². The molecular formula is C28H30N6. The molecule has 1 saturated heterocycles. The quantitative estimate of drug-likeness (QED) is 0.388. The summed E-state index contributed by atoms with van der Waals surface area (Å²) in [6, 6.07) is 9.04. The van der Waals surface area contributed by atoms with Crippen LogP contribution in [0.25, 0.3) is 22.0 Å². The number of fused-ring (bicyclic) bond motifs is 2. The first-order valence-electron chi connectivity index (χ1n) is 12.8. The molecule has 2 N–H and O–H groups in total. The van der Waals surface area contributed by atoms with E-state index in [1.807, 2.05) is 18.6 Å². The lowest BCUT2D eigenvalue weighted by atomic mass is 9.90. The number of aromatic nitrogens is 4. The summed E-state index contributed by atoms with van der Waals surface area (Å²) in [6.45, 7) is 2.23. The van der Waals surface area contributed by atoms with E-state index < -0.39 is 0 Å². The number of pyridine rings is 2. The van der Waals surface area contributed by atoms with Crippen molar-refractivity contribution in [2.75, 3.05) is 23.3 Å². The van der Waals surface area contributed by atoms with E-state index in [1.54, 1.807) is 0 Å². The summed E-state index contributed by atoms with van der Waals surface area (Å²) < 4.78 is 0. The molecule has 0 amide bonds. The van der Waals surface area contributed by atoms with Crippen LogP contribution in [0.4, 0.5) is 11.4 Å². The molecule has 6 nitrogen and oxygen atoms in total. The van der Waals surface area contributed by atoms with Crippen LogP contribution < -0.4 is 10.2 Å². The van der Waals surface area contributed by atoms with E-state index in [1.165, 1.54) is 78.3 Å². The van der Waals surface area contributed by atoms with Crippen LogP contribution in [0.1, 0.15) is 73.7 Å². The van der Waals surface area contributed by atoms with Crippen LogP contribution >= 0.6 is 0 Å². The number of H-pyrrole nitrogens is 1. The van der Waals surface area contributed by atoms with Gasteiger partial charge < -0.3 is 10.2 Å². The lowest BCUT2D eigenvalue weighted by Crippen LogP contribution is -2.34. The lowest BCUT2D eigenvalue weighted by molar-refractivity contribution is 0.574. The summed E-state index contributed by atoms with van der Waals surface area (Å²) in [6.07, 6.45) is 17.1. The van der Waals surface area contributed by atoms with Gasteiger partial charge >= 0.3 is 0 Å². The van der Waals surface area contributed by atoms with Crippen molar-refractivity contribution < 1.29 is 0 Å². The fourth-order valence-electron chi connectivity index (χ4n) is 6.16. The first-order valence-corrected chi connectivity index (χ1v) is 12.8. The van der Waals surface area contributed by atoms with E-state index in [0.717, 1.165) is 30.0 Å². The molecule has 3 aromatic heterocycles. The van der Waals surface area contributed by atoms with Crippen molar-refractivity contribution in [3.8, 4) is 11.1 Å². The van der Waals surface area contributed by atoms with Gasteiger partial charge in [-0.1, -0.05) is 18.9 Å². The maximum atomic E-state index is 4.64. The molecule has 4 aromatic rings. The predicted molar refractivity (Wildman–Crippen MR) is 136 cm³/mol. The molecule has 2 fully saturated rings. The second-order valence-corrected chi connectivity index (χ2v) is 10.1. The minimum atomic E-state index is 0.109. The van der Waals surface area contributed by atoms with E-state index in [9.17, 15) is 0 Å². The van der Waals surface area contributed by atoms with Crippen molar-refractivity contribution >= 4 is 22.3 Å². The Morgan fingerprint density at radius 3 is 2.56 bits per heavy atom. The fraction of sp³-hybridized carbons (Fsp3) is 0.393. The van der Waals surface area contributed by atoms with Gasteiger partial charge in [0.1, 0.15) is 0 Å². The van der Waals surface area contributed by atoms with E-state index in [4.69, 9.17) is 0 Å². The first-order chi connectivity index (χ1) is 16.8. The largest absolute Gasteiger partial charge is 0.371 e. The molecule has 172 valence electrons. The van der Waals surface area contributed by atoms with Gasteiger partial charge in [-0.2, -0.15) is 5.10 Å². The molecule has 7 rings (SSSR count). The maximum Gasteiger partial charge on any atom is 0.0982 e. The van der Waals surface area contributed by atoms with E-state index in [-0.39, 0.29) is 6.04 Å². The topological polar surface area (TPSA) is 69.7 Å². The van der Waals surface area contributed by atoms with Crippen LogP contribution in [0.3, 0.4) is 0 Å². The number of anilines is 2. The molecule has 1 aliphatic carbocycles. The number of piperidine rings is 1. The predicted octanol–water partition coefficient (Wildman–Crippen LogP) is 6.18. The average Bonchev–Trinajstić information content (AvgIpc) is 3.56. The number of aromatic amines is 1. The molecule has 5 heterocycles. The van der Waals surface area contributed by atoms with Crippen LogP contribution in [0.15, 0.2) is 49.1 Å². The van der Waals surface area contributed by atoms with E-state index >= 15 is 0 Å². The van der Waals surface area contributed by atoms with Gasteiger partial charge in [0.15, 0.2) is 0 Å². The number of rotatable bonds is 4. The zero-order valence-electron chi connectivity index (χ0n) is 19.4. The molecule has 0 bridgehead atoms. The molecule has 1 saturated carbocycles. The van der Waals surface area contributed by atoms with Crippen molar-refractivity contribution in [1.29, 1.82) is 0 Å². The molecule has 0 spiro atoms. The van der Waals surface area contributed by atoms with Crippen LogP contribution in [-0.4, -0.2) is 33.3 Å². The van der Waals surface area contributed by atoms with Gasteiger partial charge in [-0.3, -0.25) is 15.1 Å². The van der Waals surface area contributed by atoms with Gasteiger partial charge in [-0.25, -0.2) is 0 Å². The third-order valence-electron chi connectivity index (χ3n) is 8.04. The Kier molecular flexibility index (Phi) is 4.78. The fourth-order valence-corrected chi connectivity index (χ4v) is 6.16. The normalized spacial score (nSPS) is 20.2. The number of hydrogen-bond donors (Lipinski definition) is 2. The Labute approximate surface area is 199 Å². The molecule has 3 aliphatic rings. The van der Waals surface area contributed by atoms with Crippen LogP contribution in [0.5, 0.6) is 0 Å². The Hall–Kier alpha value is -3.41. The maximum absolute atomic E-state index is 4.64. The van der Waals surface area contributed by atoms with Crippen molar-refractivity contribution in [3.63, 3.8) is 0 Å². The highest BCUT2D eigenvalue weighted by Crippen LogP contribution is 2.47. The molecule has 34 heavy (non-hydrogen) atoms. The number of nitrogens with one attached hydrogen (secondary N) is 2. The summed E-state index contributed by atoms with van der Waals surface area (Å²) in [5.74, 6) is 0.665. The van der Waals surface area contributed by atoms with Crippen LogP contribution in [0.2, 0.25) is 0 Å². The highest BCUT2D eigenvalue weighted by atomic mass is 15.2. The SMILES string of the molecule is c1cc2n[nH]c(C3Nc4cncc(N5CCCCC5)c43)c2cc1-c1cncc(C2CCCC2)c1. The Morgan fingerprint density at radius 2 is 1.68 bits per heavy atom. The molecule has 1 atom stereocenters. The van der Waals surface area contributed by atoms with Gasteiger partial charge in [0.25, 0.3) is 0 Å². The monoisotopic (exact) mass is 450 g/mol. The van der Waals surface area contributed by atoms with Gasteiger partial charge in [0, 0.05) is 42.0 Å². The highest BCUT2D eigenvalue weighted by Gasteiger charge is 2.34. The van der Waals surface area contributed by atoms with Gasteiger partial charge in [0.2, 0.25) is 0 Å². The third kappa shape index (κ3) is 3.27. The van der Waals surface area contributed by atoms with Crippen molar-refractivity contribution in [3.05, 3.63) is 65.9 Å². The van der Waals surface area contributed by atoms with Gasteiger partial charge in [-0.15, -0.1) is 0 Å². The van der Waals surface area contributed by atoms with Crippen molar-refractivity contribution in [2.24, 2.45) is 0 Å². The third-order valence-corrected chi connectivity index (χ3v) is 8.04. The summed E-state index contributed by atoms with van der Waals surface area (Å²) in [5.41, 5.74) is 9.67. The minimum absolute atomic E-state index is 0.109. The standard InChI is InChI=1S/C28H30N6/c1-4-10-34(11-5-1)25-17-30-16-24-26(25)28(31-24)27-22-13-19(8-9-23(22)32-33-27)21-12-20(14-29-15-21)18-6-2-3-7-18/h8-9,12-18,28,31H,1-7,10-11H2,(H,32,33). The molecular weight excluding hydrogens is 420 g/mol. The number of benzene rings is 1. The zero-order chi connectivity index (χ0) is 22.5. The first kappa shape index (κ1) is 20.0. The highest BCUT2D eigenvalue weighted by molar-refractivity contribution is 5.89. The summed E-state index contributed by atoms with van der Waals surface area (Å²) in [7, 11) is 0. The van der Waals surface area contributed by atoms with Gasteiger partial charge in [-0.05, 0) is 67.3 Å². The van der Waals surface area contributed by atoms with E-state index in [0.29, 0.717) is 5.92 Å². The molecule has 1 unspecified atom stereocenters. The summed E-state index contributed by atoms with van der Waals surface area (Å²) >= 11 is 0. The number of hydrogen-bond acceptors (Lipinski definition) is 5. The van der Waals surface area contributed by atoms with Crippen LogP contribution in [0, 0.1) is 0 Å². The van der Waals surface area contributed by atoms with E-state index in [2.05, 4.69) is 60.8 Å². The molecule has 1 aromatic carbocycles. The Bertz CT molecular complexity index is 1350. The summed E-state index contributed by atoms with van der Waals surface area (Å²) in [4.78, 5) is 11.6. The second kappa shape index (κ2) is 8.12. The van der Waals surface area contributed by atoms with Crippen molar-refractivity contribution in [2.45, 2.75) is 56.9 Å². The van der Waals surface area contributed by atoms with Crippen LogP contribution in [-0.2, 0) is 0 Å². The molecule has 0 radical (unpaired) electrons. The molecule has 2 aliphatic heterocycles. The lowest BCUT2D eigenvalue weighted by Gasteiger charge is -2.38. The zero-order valence-corrected chi connectivity index (χ0v) is 19.4. The Morgan fingerprint density at radius 1 is 0.824 bits per heavy atom. The Balaban J connectivity index is 1.26. The smallest absolute Gasteiger partial charge is 0.0982 e.